The van der Waals surface area contributed by atoms with Crippen molar-refractivity contribution >= 4 is 16.6 Å². The molecule has 0 unspecified atom stereocenters. The number of non-ortho nitro benzene ring substituents is 1. The molecule has 0 aliphatic rings. The van der Waals surface area contributed by atoms with E-state index in [2.05, 4.69) is 12.1 Å². The van der Waals surface area contributed by atoms with Gasteiger partial charge in [-0.15, -0.1) is 0 Å². The number of nitro groups is 1. The van der Waals surface area contributed by atoms with Crippen molar-refractivity contribution in [3.05, 3.63) is 34.1 Å². The number of nitro benzene ring substituents is 1. The van der Waals surface area contributed by atoms with Gasteiger partial charge >= 0.3 is 0 Å². The predicted octanol–water partition coefficient (Wildman–Crippen LogP) is 3.08. The molecule has 0 amide bonds. The highest BCUT2D eigenvalue weighted by molar-refractivity contribution is 5.83. The first-order valence-corrected chi connectivity index (χ1v) is 5.23. The van der Waals surface area contributed by atoms with E-state index in [1.54, 1.807) is 12.3 Å². The van der Waals surface area contributed by atoms with Crippen molar-refractivity contribution in [2.24, 2.45) is 0 Å². The number of fused-ring (bicyclic) bond motifs is 1. The summed E-state index contributed by atoms with van der Waals surface area (Å²) in [4.78, 5) is 10.3. The van der Waals surface area contributed by atoms with Crippen LogP contribution in [0.3, 0.4) is 0 Å². The lowest BCUT2D eigenvalue weighted by Gasteiger charge is -2.00. The number of aryl methyl sites for hydroxylation is 1. The van der Waals surface area contributed by atoms with Crippen LogP contribution in [0.4, 0.5) is 5.69 Å². The van der Waals surface area contributed by atoms with Crippen LogP contribution in [0.15, 0.2) is 22.9 Å². The first kappa shape index (κ1) is 10.6. The summed E-state index contributed by atoms with van der Waals surface area (Å²) in [6.07, 6.45) is 4.41. The second kappa shape index (κ2) is 4.30. The molecule has 2 rings (SSSR count). The summed E-state index contributed by atoms with van der Waals surface area (Å²) in [5.41, 5.74) is 1.57. The summed E-state index contributed by atoms with van der Waals surface area (Å²) in [7, 11) is 0. The number of aromatic nitrogens is 1. The Bertz CT molecular complexity index is 519. The number of unbranched alkanes of at least 4 members (excludes halogenated alkanes) is 1. The fraction of sp³-hybridized carbons (Fsp3) is 0.364. The van der Waals surface area contributed by atoms with Crippen molar-refractivity contribution < 1.29 is 9.45 Å². The molecule has 1 aromatic carbocycles. The number of nitrogens with zero attached hydrogens (tertiary/aromatic N) is 2. The quantitative estimate of drug-likeness (QED) is 0.586. The SMILES string of the molecule is CCCCc1cc([N+](=O)[O-])cc2nocc12. The van der Waals surface area contributed by atoms with Gasteiger partial charge in [0, 0.05) is 17.5 Å². The average molecular weight is 220 g/mol. The van der Waals surface area contributed by atoms with E-state index >= 15 is 0 Å². The van der Waals surface area contributed by atoms with E-state index in [9.17, 15) is 10.1 Å². The van der Waals surface area contributed by atoms with Crippen LogP contribution >= 0.6 is 0 Å². The Hall–Kier alpha value is -1.91. The lowest BCUT2D eigenvalue weighted by atomic mass is 10.0. The Morgan fingerprint density at radius 2 is 2.31 bits per heavy atom. The molecule has 0 bridgehead atoms. The van der Waals surface area contributed by atoms with E-state index in [4.69, 9.17) is 4.52 Å². The highest BCUT2D eigenvalue weighted by Crippen LogP contribution is 2.25. The summed E-state index contributed by atoms with van der Waals surface area (Å²) in [5.74, 6) is 0. The Balaban J connectivity index is 2.50. The zero-order valence-electron chi connectivity index (χ0n) is 8.97. The fourth-order valence-electron chi connectivity index (χ4n) is 1.71. The van der Waals surface area contributed by atoms with Crippen molar-refractivity contribution in [3.63, 3.8) is 0 Å². The molecule has 84 valence electrons. The third-order valence-corrected chi connectivity index (χ3v) is 2.56. The number of hydrogen-bond acceptors (Lipinski definition) is 4. The summed E-state index contributed by atoms with van der Waals surface area (Å²) < 4.78 is 4.85. The molecule has 0 N–H and O–H groups in total. The molecule has 0 atom stereocenters. The second-order valence-corrected chi connectivity index (χ2v) is 3.71. The maximum absolute atomic E-state index is 10.7. The van der Waals surface area contributed by atoms with Crippen molar-refractivity contribution in [1.29, 1.82) is 0 Å². The molecule has 0 saturated heterocycles. The van der Waals surface area contributed by atoms with E-state index in [1.807, 2.05) is 0 Å². The smallest absolute Gasteiger partial charge is 0.272 e. The van der Waals surface area contributed by atoms with Crippen molar-refractivity contribution in [1.82, 2.24) is 5.16 Å². The van der Waals surface area contributed by atoms with Crippen LogP contribution in [0.25, 0.3) is 10.9 Å². The van der Waals surface area contributed by atoms with E-state index in [0.717, 1.165) is 30.2 Å². The van der Waals surface area contributed by atoms with Crippen LogP contribution in [0.5, 0.6) is 0 Å². The molecule has 1 heterocycles. The van der Waals surface area contributed by atoms with Gasteiger partial charge in [0.05, 0.1) is 4.92 Å². The zero-order valence-corrected chi connectivity index (χ0v) is 8.97. The molecule has 16 heavy (non-hydrogen) atoms. The maximum Gasteiger partial charge on any atom is 0.272 e. The van der Waals surface area contributed by atoms with E-state index in [1.165, 1.54) is 6.07 Å². The van der Waals surface area contributed by atoms with Gasteiger partial charge in [-0.2, -0.15) is 0 Å². The van der Waals surface area contributed by atoms with Crippen molar-refractivity contribution in [2.45, 2.75) is 26.2 Å². The number of rotatable bonds is 4. The van der Waals surface area contributed by atoms with E-state index in [0.29, 0.717) is 5.52 Å². The Morgan fingerprint density at radius 3 is 3.00 bits per heavy atom. The van der Waals surface area contributed by atoms with Crippen molar-refractivity contribution in [3.8, 4) is 0 Å². The maximum atomic E-state index is 10.7. The Morgan fingerprint density at radius 1 is 1.50 bits per heavy atom. The topological polar surface area (TPSA) is 69.2 Å². The van der Waals surface area contributed by atoms with Crippen LogP contribution < -0.4 is 0 Å². The summed E-state index contributed by atoms with van der Waals surface area (Å²) in [6, 6.07) is 3.05. The highest BCUT2D eigenvalue weighted by atomic mass is 16.6. The molecule has 0 spiro atoms. The molecular weight excluding hydrogens is 208 g/mol. The van der Waals surface area contributed by atoms with Gasteiger partial charge < -0.3 is 4.52 Å². The van der Waals surface area contributed by atoms with Crippen molar-refractivity contribution in [2.75, 3.05) is 0 Å². The largest absolute Gasteiger partial charge is 0.363 e. The summed E-state index contributed by atoms with van der Waals surface area (Å²) in [5, 5.41) is 15.4. The lowest BCUT2D eigenvalue weighted by Crippen LogP contribution is -1.92. The molecule has 0 aliphatic heterocycles. The fourth-order valence-corrected chi connectivity index (χ4v) is 1.71. The molecule has 5 nitrogen and oxygen atoms in total. The van der Waals surface area contributed by atoms with Gasteiger partial charge in [0.1, 0.15) is 11.8 Å². The Kier molecular flexibility index (Phi) is 2.85. The van der Waals surface area contributed by atoms with Gasteiger partial charge in [-0.05, 0) is 18.4 Å². The van der Waals surface area contributed by atoms with Gasteiger partial charge in [-0.25, -0.2) is 0 Å². The monoisotopic (exact) mass is 220 g/mol. The normalized spacial score (nSPS) is 10.8. The van der Waals surface area contributed by atoms with Crippen LogP contribution in [0.1, 0.15) is 25.3 Å². The minimum atomic E-state index is -0.399. The zero-order chi connectivity index (χ0) is 11.5. The minimum Gasteiger partial charge on any atom is -0.363 e. The Labute approximate surface area is 92.2 Å². The van der Waals surface area contributed by atoms with E-state index < -0.39 is 4.92 Å². The third-order valence-electron chi connectivity index (χ3n) is 2.56. The number of hydrogen-bond donors (Lipinski definition) is 0. The first-order valence-electron chi connectivity index (χ1n) is 5.23. The summed E-state index contributed by atoms with van der Waals surface area (Å²) in [6.45, 7) is 2.09. The molecule has 2 aromatic rings. The van der Waals surface area contributed by atoms with Crippen LogP contribution in [-0.2, 0) is 6.42 Å². The first-order chi connectivity index (χ1) is 7.72. The average Bonchev–Trinajstić information content (AvgIpc) is 2.73. The lowest BCUT2D eigenvalue weighted by molar-refractivity contribution is -0.384. The van der Waals surface area contributed by atoms with Gasteiger partial charge in [0.15, 0.2) is 0 Å². The standard InChI is InChI=1S/C11H12N2O3/c1-2-3-4-8-5-9(13(14)15)6-11-10(8)7-16-12-11/h5-7H,2-4H2,1H3. The van der Waals surface area contributed by atoms with Gasteiger partial charge in [-0.3, -0.25) is 10.1 Å². The predicted molar refractivity (Wildman–Crippen MR) is 59.3 cm³/mol. The van der Waals surface area contributed by atoms with Crippen LogP contribution in [0.2, 0.25) is 0 Å². The molecule has 0 fully saturated rings. The summed E-state index contributed by atoms with van der Waals surface area (Å²) >= 11 is 0. The highest BCUT2D eigenvalue weighted by Gasteiger charge is 2.13. The number of benzene rings is 1. The van der Waals surface area contributed by atoms with E-state index in [-0.39, 0.29) is 5.69 Å². The molecule has 5 heteroatoms. The van der Waals surface area contributed by atoms with Gasteiger partial charge in [0.2, 0.25) is 0 Å². The molecular formula is C11H12N2O3. The molecule has 0 aliphatic carbocycles. The van der Waals surface area contributed by atoms with Gasteiger partial charge in [0.25, 0.3) is 5.69 Å². The third kappa shape index (κ3) is 1.88. The molecule has 0 radical (unpaired) electrons. The second-order valence-electron chi connectivity index (χ2n) is 3.71. The van der Waals surface area contributed by atoms with Crippen LogP contribution in [0, 0.1) is 10.1 Å². The molecule has 0 saturated carbocycles. The molecule has 1 aromatic heterocycles. The minimum absolute atomic E-state index is 0.0764. The van der Waals surface area contributed by atoms with Gasteiger partial charge in [-0.1, -0.05) is 18.5 Å². The van der Waals surface area contributed by atoms with Crippen LogP contribution in [-0.4, -0.2) is 10.1 Å².